The molecule has 1 aromatic heterocycles. The zero-order valence-electron chi connectivity index (χ0n) is 9.83. The van der Waals surface area contributed by atoms with E-state index in [0.717, 1.165) is 23.9 Å². The van der Waals surface area contributed by atoms with E-state index >= 15 is 0 Å². The quantitative estimate of drug-likeness (QED) is 0.829. The van der Waals surface area contributed by atoms with E-state index in [-0.39, 0.29) is 0 Å². The maximum absolute atomic E-state index is 9.75. The van der Waals surface area contributed by atoms with Crippen molar-refractivity contribution in [1.29, 1.82) is 0 Å². The lowest BCUT2D eigenvalue weighted by Gasteiger charge is -2.03. The van der Waals surface area contributed by atoms with Crippen molar-refractivity contribution < 1.29 is 5.11 Å². The first kappa shape index (κ1) is 11.0. The van der Waals surface area contributed by atoms with E-state index in [1.807, 2.05) is 19.1 Å². The van der Waals surface area contributed by atoms with Gasteiger partial charge in [0.25, 0.3) is 0 Å². The Balaban J connectivity index is 2.69. The molecule has 3 heteroatoms. The molecule has 2 aromatic rings. The number of benzene rings is 1. The first-order valence-electron chi connectivity index (χ1n) is 5.68. The second-order valence-electron chi connectivity index (χ2n) is 4.13. The summed E-state index contributed by atoms with van der Waals surface area (Å²) in [5.41, 5.74) is 8.91. The highest BCUT2D eigenvalue weighted by molar-refractivity contribution is 5.86. The second-order valence-corrected chi connectivity index (χ2v) is 4.13. The van der Waals surface area contributed by atoms with Crippen LogP contribution in [-0.2, 0) is 13.0 Å². The third-order valence-corrected chi connectivity index (χ3v) is 3.04. The highest BCUT2D eigenvalue weighted by atomic mass is 16.3. The molecule has 0 aliphatic heterocycles. The van der Waals surface area contributed by atoms with Crippen LogP contribution >= 0.6 is 0 Å². The molecule has 0 bridgehead atoms. The fourth-order valence-electron chi connectivity index (χ4n) is 2.12. The summed E-state index contributed by atoms with van der Waals surface area (Å²) in [5.74, 6) is 0.361. The largest absolute Gasteiger partial charge is 0.508 e. The lowest BCUT2D eigenvalue weighted by molar-refractivity contribution is 0.472. The van der Waals surface area contributed by atoms with E-state index in [1.165, 1.54) is 11.1 Å². The number of hydrogen-bond donors (Lipinski definition) is 2. The van der Waals surface area contributed by atoms with E-state index in [4.69, 9.17) is 5.73 Å². The Labute approximate surface area is 95.5 Å². The van der Waals surface area contributed by atoms with Crippen LogP contribution in [0.5, 0.6) is 5.75 Å². The molecule has 0 fully saturated rings. The Bertz CT molecular complexity index is 514. The van der Waals surface area contributed by atoms with Crippen LogP contribution in [-0.4, -0.2) is 16.2 Å². The van der Waals surface area contributed by atoms with Gasteiger partial charge in [0, 0.05) is 23.6 Å². The summed E-state index contributed by atoms with van der Waals surface area (Å²) < 4.78 is 2.20. The first-order chi connectivity index (χ1) is 7.67. The number of aromatic hydroxyl groups is 1. The van der Waals surface area contributed by atoms with Crippen molar-refractivity contribution >= 4 is 10.9 Å². The Morgan fingerprint density at radius 1 is 1.38 bits per heavy atom. The number of nitrogens with zero attached hydrogens (tertiary/aromatic N) is 1. The predicted molar refractivity (Wildman–Crippen MR) is 66.8 cm³/mol. The van der Waals surface area contributed by atoms with Crippen LogP contribution < -0.4 is 5.73 Å². The van der Waals surface area contributed by atoms with E-state index in [0.29, 0.717) is 12.3 Å². The van der Waals surface area contributed by atoms with Crippen LogP contribution in [0.4, 0.5) is 0 Å². The molecule has 0 saturated carbocycles. The highest BCUT2D eigenvalue weighted by Gasteiger charge is 2.09. The van der Waals surface area contributed by atoms with Gasteiger partial charge in [-0.25, -0.2) is 0 Å². The number of aryl methyl sites for hydroxylation is 2. The Morgan fingerprint density at radius 2 is 2.12 bits per heavy atom. The summed E-state index contributed by atoms with van der Waals surface area (Å²) in [4.78, 5) is 0. The normalized spacial score (nSPS) is 11.2. The van der Waals surface area contributed by atoms with Gasteiger partial charge in [0.2, 0.25) is 0 Å². The third kappa shape index (κ3) is 1.67. The lowest BCUT2D eigenvalue weighted by atomic mass is 10.1. The third-order valence-electron chi connectivity index (χ3n) is 3.04. The topological polar surface area (TPSA) is 51.2 Å². The second kappa shape index (κ2) is 4.18. The molecule has 3 N–H and O–H groups in total. The number of aromatic nitrogens is 1. The standard InChI is InChI=1S/C13H18N2O/c1-3-15-8-10(4-5-14)11-7-13(16)9(2)6-12(11)15/h6-8,16H,3-5,14H2,1-2H3. The summed E-state index contributed by atoms with van der Waals surface area (Å²) in [7, 11) is 0. The number of phenols is 1. The smallest absolute Gasteiger partial charge is 0.119 e. The van der Waals surface area contributed by atoms with Gasteiger partial charge in [0.1, 0.15) is 5.75 Å². The fourth-order valence-corrected chi connectivity index (χ4v) is 2.12. The minimum atomic E-state index is 0.361. The van der Waals surface area contributed by atoms with Crippen molar-refractivity contribution in [1.82, 2.24) is 4.57 Å². The molecule has 3 nitrogen and oxygen atoms in total. The SMILES string of the molecule is CCn1cc(CCN)c2cc(O)c(C)cc21. The van der Waals surface area contributed by atoms with Gasteiger partial charge < -0.3 is 15.4 Å². The molecule has 0 radical (unpaired) electrons. The summed E-state index contributed by atoms with van der Waals surface area (Å²) >= 11 is 0. The summed E-state index contributed by atoms with van der Waals surface area (Å²) in [6, 6.07) is 3.88. The van der Waals surface area contributed by atoms with Gasteiger partial charge in [0.15, 0.2) is 0 Å². The molecule has 0 atom stereocenters. The molecule has 0 unspecified atom stereocenters. The summed E-state index contributed by atoms with van der Waals surface area (Å²) in [6.07, 6.45) is 2.99. The molecule has 0 saturated heterocycles. The van der Waals surface area contributed by atoms with Gasteiger partial charge in [-0.05, 0) is 50.1 Å². The number of hydrogen-bond acceptors (Lipinski definition) is 2. The molecule has 1 heterocycles. The van der Waals surface area contributed by atoms with Gasteiger partial charge in [-0.3, -0.25) is 0 Å². The van der Waals surface area contributed by atoms with E-state index in [2.05, 4.69) is 17.7 Å². The van der Waals surface area contributed by atoms with Crippen LogP contribution in [0, 0.1) is 6.92 Å². The van der Waals surface area contributed by atoms with Crippen molar-refractivity contribution in [2.45, 2.75) is 26.8 Å². The number of phenolic OH excluding ortho intramolecular Hbond substituents is 1. The maximum atomic E-state index is 9.75. The molecule has 0 aliphatic rings. The number of fused-ring (bicyclic) bond motifs is 1. The summed E-state index contributed by atoms with van der Waals surface area (Å²) in [5, 5.41) is 10.9. The molecule has 0 spiro atoms. The minimum Gasteiger partial charge on any atom is -0.508 e. The highest BCUT2D eigenvalue weighted by Crippen LogP contribution is 2.28. The molecule has 16 heavy (non-hydrogen) atoms. The fraction of sp³-hybridized carbons (Fsp3) is 0.385. The average molecular weight is 218 g/mol. The van der Waals surface area contributed by atoms with Gasteiger partial charge in [0.05, 0.1) is 0 Å². The van der Waals surface area contributed by atoms with Crippen molar-refractivity contribution in [3.8, 4) is 5.75 Å². The van der Waals surface area contributed by atoms with Crippen LogP contribution in [0.25, 0.3) is 10.9 Å². The molecular weight excluding hydrogens is 200 g/mol. The summed E-state index contributed by atoms with van der Waals surface area (Å²) in [6.45, 7) is 5.61. The van der Waals surface area contributed by atoms with E-state index in [1.54, 1.807) is 0 Å². The van der Waals surface area contributed by atoms with Crippen molar-refractivity contribution in [2.24, 2.45) is 5.73 Å². The number of nitrogens with two attached hydrogens (primary N) is 1. The van der Waals surface area contributed by atoms with Gasteiger partial charge >= 0.3 is 0 Å². The molecule has 2 rings (SSSR count). The van der Waals surface area contributed by atoms with Gasteiger partial charge in [-0.2, -0.15) is 0 Å². The van der Waals surface area contributed by atoms with Gasteiger partial charge in [-0.15, -0.1) is 0 Å². The minimum absolute atomic E-state index is 0.361. The van der Waals surface area contributed by atoms with Gasteiger partial charge in [-0.1, -0.05) is 0 Å². The van der Waals surface area contributed by atoms with E-state index < -0.39 is 0 Å². The van der Waals surface area contributed by atoms with Crippen molar-refractivity contribution in [3.63, 3.8) is 0 Å². The Kier molecular flexibility index (Phi) is 2.88. The lowest BCUT2D eigenvalue weighted by Crippen LogP contribution is -2.02. The number of rotatable bonds is 3. The van der Waals surface area contributed by atoms with Crippen LogP contribution in [0.3, 0.4) is 0 Å². The Hall–Kier alpha value is -1.48. The zero-order valence-corrected chi connectivity index (χ0v) is 9.83. The zero-order chi connectivity index (χ0) is 11.7. The molecule has 1 aromatic carbocycles. The maximum Gasteiger partial charge on any atom is 0.119 e. The molecule has 0 amide bonds. The van der Waals surface area contributed by atoms with Crippen molar-refractivity contribution in [3.05, 3.63) is 29.5 Å². The van der Waals surface area contributed by atoms with E-state index in [9.17, 15) is 5.11 Å². The monoisotopic (exact) mass is 218 g/mol. The van der Waals surface area contributed by atoms with Crippen molar-refractivity contribution in [2.75, 3.05) is 6.54 Å². The molecule has 0 aliphatic carbocycles. The molecular formula is C13H18N2O. The van der Waals surface area contributed by atoms with Crippen LogP contribution in [0.2, 0.25) is 0 Å². The average Bonchev–Trinajstić information content (AvgIpc) is 2.58. The van der Waals surface area contributed by atoms with Crippen LogP contribution in [0.1, 0.15) is 18.1 Å². The first-order valence-corrected chi connectivity index (χ1v) is 5.68. The predicted octanol–water partition coefficient (Wildman–Crippen LogP) is 2.18. The molecule has 86 valence electrons. The Morgan fingerprint density at radius 3 is 2.75 bits per heavy atom. The van der Waals surface area contributed by atoms with Crippen LogP contribution in [0.15, 0.2) is 18.3 Å².